The van der Waals surface area contributed by atoms with Gasteiger partial charge < -0.3 is 0 Å². The maximum atomic E-state index is 4.03. The minimum Gasteiger partial charge on any atom is -0.0748 e. The number of hydrogen-bond donors (Lipinski definition) is 0. The third kappa shape index (κ3) is 1.16. The first-order chi connectivity index (χ1) is 8.66. The van der Waals surface area contributed by atoms with Crippen LogP contribution in [0.1, 0.15) is 35.1 Å². The van der Waals surface area contributed by atoms with Crippen molar-refractivity contribution < 1.29 is 0 Å². The Kier molecular flexibility index (Phi) is 2.18. The van der Waals surface area contributed by atoms with Crippen molar-refractivity contribution >= 4 is 31.9 Å². The van der Waals surface area contributed by atoms with E-state index in [0.29, 0.717) is 0 Å². The molecule has 90 valence electrons. The van der Waals surface area contributed by atoms with Crippen LogP contribution in [0.25, 0.3) is 0 Å². The average molecular weight is 364 g/mol. The van der Waals surface area contributed by atoms with Gasteiger partial charge in [0.05, 0.1) is 8.65 Å². The molecule has 0 spiro atoms. The van der Waals surface area contributed by atoms with Gasteiger partial charge in [-0.2, -0.15) is 0 Å². The SMILES string of the molecule is BrC12CCC(Br)(c3ccccc31)c1ccccc12. The monoisotopic (exact) mass is 362 g/mol. The van der Waals surface area contributed by atoms with Crippen LogP contribution in [0, 0.1) is 0 Å². The summed E-state index contributed by atoms with van der Waals surface area (Å²) in [6.07, 6.45) is 2.29. The smallest absolute Gasteiger partial charge is 0.0748 e. The van der Waals surface area contributed by atoms with Gasteiger partial charge in [-0.1, -0.05) is 80.4 Å². The molecule has 2 heteroatoms. The van der Waals surface area contributed by atoms with E-state index in [1.165, 1.54) is 22.3 Å². The maximum Gasteiger partial charge on any atom is 0.0761 e. The van der Waals surface area contributed by atoms with Crippen molar-refractivity contribution in [1.82, 2.24) is 0 Å². The van der Waals surface area contributed by atoms with E-state index in [0.717, 1.165) is 12.8 Å². The molecular weight excluding hydrogens is 352 g/mol. The molecular formula is C16H12Br2. The number of fused-ring (bicyclic) bond motifs is 1. The van der Waals surface area contributed by atoms with Crippen molar-refractivity contribution in [3.63, 3.8) is 0 Å². The van der Waals surface area contributed by atoms with Gasteiger partial charge in [0, 0.05) is 0 Å². The second kappa shape index (κ2) is 3.49. The lowest BCUT2D eigenvalue weighted by molar-refractivity contribution is 0.471. The lowest BCUT2D eigenvalue weighted by Gasteiger charge is -2.50. The Bertz CT molecular complexity index is 542. The number of hydrogen-bond acceptors (Lipinski definition) is 0. The van der Waals surface area contributed by atoms with Crippen LogP contribution in [0.2, 0.25) is 0 Å². The summed E-state index contributed by atoms with van der Waals surface area (Å²) in [7, 11) is 0. The highest BCUT2D eigenvalue weighted by molar-refractivity contribution is 9.10. The fraction of sp³-hybridized carbons (Fsp3) is 0.250. The zero-order chi connectivity index (χ0) is 12.4. The highest BCUT2D eigenvalue weighted by Crippen LogP contribution is 2.63. The Balaban J connectivity index is 2.16. The zero-order valence-electron chi connectivity index (χ0n) is 9.79. The molecule has 0 fully saturated rings. The van der Waals surface area contributed by atoms with E-state index in [-0.39, 0.29) is 8.65 Å². The quantitative estimate of drug-likeness (QED) is 0.573. The molecule has 0 saturated heterocycles. The Labute approximate surface area is 124 Å². The Morgan fingerprint density at radius 2 is 0.889 bits per heavy atom. The van der Waals surface area contributed by atoms with Crippen LogP contribution in [0.15, 0.2) is 48.5 Å². The van der Waals surface area contributed by atoms with Gasteiger partial charge in [-0.25, -0.2) is 0 Å². The molecule has 2 aromatic rings. The molecule has 0 nitrogen and oxygen atoms in total. The molecule has 5 rings (SSSR count). The third-order valence-corrected chi connectivity index (χ3v) is 6.88. The topological polar surface area (TPSA) is 0 Å². The zero-order valence-corrected chi connectivity index (χ0v) is 13.0. The first kappa shape index (κ1) is 11.2. The van der Waals surface area contributed by atoms with E-state index in [4.69, 9.17) is 0 Å². The van der Waals surface area contributed by atoms with E-state index in [1.807, 2.05) is 0 Å². The van der Waals surface area contributed by atoms with Crippen LogP contribution in [-0.4, -0.2) is 0 Å². The Morgan fingerprint density at radius 1 is 0.611 bits per heavy atom. The van der Waals surface area contributed by atoms with Gasteiger partial charge in [-0.3, -0.25) is 0 Å². The van der Waals surface area contributed by atoms with Gasteiger partial charge in [-0.05, 0) is 35.1 Å². The van der Waals surface area contributed by atoms with E-state index in [9.17, 15) is 0 Å². The number of halogens is 2. The standard InChI is InChI=1S/C16H12Br2/c17-15-9-10-16(18,12-6-2-1-5-11(12)15)14-8-4-3-7-13(14)15/h1-8H,9-10H2. The van der Waals surface area contributed by atoms with Crippen molar-refractivity contribution in [2.45, 2.75) is 21.5 Å². The summed E-state index contributed by atoms with van der Waals surface area (Å²) in [4.78, 5) is 0. The minimum atomic E-state index is 0.00963. The van der Waals surface area contributed by atoms with Crippen LogP contribution >= 0.6 is 31.9 Å². The van der Waals surface area contributed by atoms with Crippen molar-refractivity contribution in [1.29, 1.82) is 0 Å². The van der Waals surface area contributed by atoms with Crippen molar-refractivity contribution in [2.75, 3.05) is 0 Å². The summed E-state index contributed by atoms with van der Waals surface area (Å²) in [6.45, 7) is 0. The minimum absolute atomic E-state index is 0.00963. The second-order valence-corrected chi connectivity index (χ2v) is 7.90. The molecule has 0 heterocycles. The maximum absolute atomic E-state index is 4.03. The summed E-state index contributed by atoms with van der Waals surface area (Å²) in [5.74, 6) is 0. The van der Waals surface area contributed by atoms with Gasteiger partial charge in [0.15, 0.2) is 0 Å². The van der Waals surface area contributed by atoms with Crippen LogP contribution in [0.5, 0.6) is 0 Å². The molecule has 3 aliphatic rings. The van der Waals surface area contributed by atoms with Crippen molar-refractivity contribution in [3.05, 3.63) is 70.8 Å². The molecule has 3 aliphatic carbocycles. The van der Waals surface area contributed by atoms with E-state index in [2.05, 4.69) is 80.4 Å². The summed E-state index contributed by atoms with van der Waals surface area (Å²) < 4.78 is 0.0193. The van der Waals surface area contributed by atoms with Gasteiger partial charge in [0.2, 0.25) is 0 Å². The lowest BCUT2D eigenvalue weighted by atomic mass is 9.63. The molecule has 0 aliphatic heterocycles. The van der Waals surface area contributed by atoms with Crippen LogP contribution < -0.4 is 0 Å². The van der Waals surface area contributed by atoms with E-state index >= 15 is 0 Å². The average Bonchev–Trinajstić information content (AvgIpc) is 2.43. The van der Waals surface area contributed by atoms with Crippen LogP contribution in [-0.2, 0) is 8.65 Å². The Hall–Kier alpha value is -0.600. The summed E-state index contributed by atoms with van der Waals surface area (Å²) >= 11 is 8.07. The van der Waals surface area contributed by atoms with E-state index in [1.54, 1.807) is 0 Å². The van der Waals surface area contributed by atoms with Crippen LogP contribution in [0.3, 0.4) is 0 Å². The molecule has 0 amide bonds. The second-order valence-electron chi connectivity index (χ2n) is 5.19. The molecule has 0 aromatic heterocycles. The molecule has 18 heavy (non-hydrogen) atoms. The first-order valence-corrected chi connectivity index (χ1v) is 7.83. The summed E-state index contributed by atoms with van der Waals surface area (Å²) in [5.41, 5.74) is 5.69. The number of benzene rings is 2. The summed E-state index contributed by atoms with van der Waals surface area (Å²) in [6, 6.07) is 17.6. The van der Waals surface area contributed by atoms with Gasteiger partial charge >= 0.3 is 0 Å². The predicted octanol–water partition coefficient (Wildman–Crippen LogP) is 5.07. The van der Waals surface area contributed by atoms with Crippen molar-refractivity contribution in [2.24, 2.45) is 0 Å². The molecule has 0 radical (unpaired) electrons. The van der Waals surface area contributed by atoms with Gasteiger partial charge in [0.25, 0.3) is 0 Å². The predicted molar refractivity (Wildman–Crippen MR) is 81.5 cm³/mol. The van der Waals surface area contributed by atoms with E-state index < -0.39 is 0 Å². The normalized spacial score (nSPS) is 31.9. The molecule has 0 atom stereocenters. The highest BCUT2D eigenvalue weighted by Gasteiger charge is 2.53. The first-order valence-electron chi connectivity index (χ1n) is 6.24. The molecule has 0 saturated carbocycles. The third-order valence-electron chi connectivity index (χ3n) is 4.38. The molecule has 0 unspecified atom stereocenters. The largest absolute Gasteiger partial charge is 0.0761 e. The summed E-state index contributed by atoms with van der Waals surface area (Å²) in [5, 5.41) is 0. The lowest BCUT2D eigenvalue weighted by Crippen LogP contribution is -2.42. The fourth-order valence-corrected chi connectivity index (χ4v) is 5.30. The van der Waals surface area contributed by atoms with Crippen molar-refractivity contribution in [3.8, 4) is 0 Å². The Morgan fingerprint density at radius 3 is 1.17 bits per heavy atom. The highest BCUT2D eigenvalue weighted by atomic mass is 79.9. The molecule has 2 aromatic carbocycles. The number of alkyl halides is 2. The fourth-order valence-electron chi connectivity index (χ4n) is 3.52. The number of rotatable bonds is 0. The molecule has 0 N–H and O–H groups in total. The molecule has 2 bridgehead atoms. The van der Waals surface area contributed by atoms with Gasteiger partial charge in [-0.15, -0.1) is 0 Å². The van der Waals surface area contributed by atoms with Crippen LogP contribution in [0.4, 0.5) is 0 Å². The van der Waals surface area contributed by atoms with Gasteiger partial charge in [0.1, 0.15) is 0 Å².